The Morgan fingerprint density at radius 1 is 1.25 bits per heavy atom. The highest BCUT2D eigenvalue weighted by molar-refractivity contribution is 7.92. The zero-order valence-corrected chi connectivity index (χ0v) is 15.8. The van der Waals surface area contributed by atoms with Crippen molar-refractivity contribution in [3.63, 3.8) is 0 Å². The van der Waals surface area contributed by atoms with Gasteiger partial charge in [0.05, 0.1) is 11.9 Å². The van der Waals surface area contributed by atoms with Gasteiger partial charge in [0.1, 0.15) is 6.04 Å². The lowest BCUT2D eigenvalue weighted by Crippen LogP contribution is -2.51. The summed E-state index contributed by atoms with van der Waals surface area (Å²) in [5, 5.41) is 3.03. The van der Waals surface area contributed by atoms with Crippen LogP contribution in [0.3, 0.4) is 0 Å². The predicted octanol–water partition coefficient (Wildman–Crippen LogP) is 2.91. The molecule has 5 nitrogen and oxygen atoms in total. The van der Waals surface area contributed by atoms with E-state index in [4.69, 9.17) is 0 Å². The van der Waals surface area contributed by atoms with Gasteiger partial charge >= 0.3 is 0 Å². The summed E-state index contributed by atoms with van der Waals surface area (Å²) in [6.45, 7) is 5.77. The Balaban J connectivity index is 2.33. The molecule has 0 saturated heterocycles. The molecule has 0 radical (unpaired) electrons. The van der Waals surface area contributed by atoms with Crippen molar-refractivity contribution in [1.82, 2.24) is 5.32 Å². The van der Waals surface area contributed by atoms with Crippen LogP contribution >= 0.6 is 0 Å². The van der Waals surface area contributed by atoms with E-state index in [1.807, 2.05) is 32.9 Å². The van der Waals surface area contributed by atoms with Gasteiger partial charge < -0.3 is 5.32 Å². The summed E-state index contributed by atoms with van der Waals surface area (Å²) in [4.78, 5) is 12.7. The van der Waals surface area contributed by atoms with Crippen LogP contribution in [0.2, 0.25) is 0 Å². The second-order valence-electron chi connectivity index (χ2n) is 6.74. The Hall–Kier alpha value is -1.56. The normalized spacial score (nSPS) is 16.8. The molecule has 1 atom stereocenters. The molecule has 0 aromatic heterocycles. The van der Waals surface area contributed by atoms with Gasteiger partial charge in [0.2, 0.25) is 15.9 Å². The topological polar surface area (TPSA) is 66.5 Å². The molecule has 1 saturated carbocycles. The molecule has 6 heteroatoms. The molecule has 0 unspecified atom stereocenters. The Morgan fingerprint density at radius 2 is 1.88 bits per heavy atom. The van der Waals surface area contributed by atoms with Gasteiger partial charge in [-0.2, -0.15) is 0 Å². The molecule has 1 N–H and O–H groups in total. The van der Waals surface area contributed by atoms with Crippen molar-refractivity contribution in [2.24, 2.45) is 0 Å². The Kier molecular flexibility index (Phi) is 5.91. The van der Waals surface area contributed by atoms with E-state index in [1.54, 1.807) is 6.07 Å². The highest BCUT2D eigenvalue weighted by Crippen LogP contribution is 2.26. The van der Waals surface area contributed by atoms with E-state index in [0.29, 0.717) is 12.1 Å². The second kappa shape index (κ2) is 7.55. The number of aryl methyl sites for hydroxylation is 2. The van der Waals surface area contributed by atoms with E-state index in [9.17, 15) is 13.2 Å². The first-order valence-corrected chi connectivity index (χ1v) is 10.5. The van der Waals surface area contributed by atoms with Crippen molar-refractivity contribution >= 4 is 21.6 Å². The minimum Gasteiger partial charge on any atom is -0.352 e. The number of anilines is 1. The SMILES string of the molecule is CC[C@@H](C(=O)NC1CCCC1)N(c1ccc(C)c(C)c1)S(C)(=O)=O. The number of carbonyl (C=O) groups excluding carboxylic acids is 1. The number of benzene rings is 1. The molecule has 24 heavy (non-hydrogen) atoms. The predicted molar refractivity (Wildman–Crippen MR) is 97.7 cm³/mol. The van der Waals surface area contributed by atoms with Gasteiger partial charge in [-0.05, 0) is 56.4 Å². The van der Waals surface area contributed by atoms with Crippen LogP contribution in [0.1, 0.15) is 50.2 Å². The van der Waals surface area contributed by atoms with Crippen molar-refractivity contribution in [3.8, 4) is 0 Å². The number of amides is 1. The van der Waals surface area contributed by atoms with E-state index in [0.717, 1.165) is 43.1 Å². The summed E-state index contributed by atoms with van der Waals surface area (Å²) in [5.74, 6) is -0.201. The summed E-state index contributed by atoms with van der Waals surface area (Å²) in [6, 6.07) is 4.96. The minimum absolute atomic E-state index is 0.174. The Bertz CT molecular complexity index is 694. The first-order chi connectivity index (χ1) is 11.2. The van der Waals surface area contributed by atoms with Crippen LogP contribution in [0.25, 0.3) is 0 Å². The lowest BCUT2D eigenvalue weighted by molar-refractivity contribution is -0.122. The molecule has 1 fully saturated rings. The molecular formula is C18H28N2O3S. The van der Waals surface area contributed by atoms with Crippen LogP contribution in [0.15, 0.2) is 18.2 Å². The lowest BCUT2D eigenvalue weighted by atomic mass is 10.1. The maximum atomic E-state index is 12.7. The first-order valence-electron chi connectivity index (χ1n) is 8.61. The van der Waals surface area contributed by atoms with Crippen molar-refractivity contribution < 1.29 is 13.2 Å². The molecule has 0 heterocycles. The fraction of sp³-hybridized carbons (Fsp3) is 0.611. The smallest absolute Gasteiger partial charge is 0.244 e. The molecule has 1 aliphatic carbocycles. The van der Waals surface area contributed by atoms with Crippen molar-refractivity contribution in [1.29, 1.82) is 0 Å². The van der Waals surface area contributed by atoms with Gasteiger partial charge in [-0.3, -0.25) is 9.10 Å². The molecule has 1 amide bonds. The average Bonchev–Trinajstić information content (AvgIpc) is 2.99. The summed E-state index contributed by atoms with van der Waals surface area (Å²) in [7, 11) is -3.57. The van der Waals surface area contributed by atoms with Gasteiger partial charge in [0.15, 0.2) is 0 Å². The molecule has 1 aromatic carbocycles. The average molecular weight is 353 g/mol. The van der Waals surface area contributed by atoms with Gasteiger partial charge in [0.25, 0.3) is 0 Å². The second-order valence-corrected chi connectivity index (χ2v) is 8.60. The number of nitrogens with zero attached hydrogens (tertiary/aromatic N) is 1. The van der Waals surface area contributed by atoms with Crippen molar-refractivity contribution in [2.75, 3.05) is 10.6 Å². The van der Waals surface area contributed by atoms with E-state index in [2.05, 4.69) is 5.32 Å². The van der Waals surface area contributed by atoms with E-state index >= 15 is 0 Å². The van der Waals surface area contributed by atoms with Crippen molar-refractivity contribution in [2.45, 2.75) is 65.0 Å². The third-order valence-corrected chi connectivity index (χ3v) is 5.96. The fourth-order valence-corrected chi connectivity index (χ4v) is 4.49. The molecule has 0 aliphatic heterocycles. The van der Waals surface area contributed by atoms with Crippen LogP contribution in [-0.2, 0) is 14.8 Å². The van der Waals surface area contributed by atoms with E-state index in [-0.39, 0.29) is 11.9 Å². The van der Waals surface area contributed by atoms with Gasteiger partial charge in [0, 0.05) is 6.04 Å². The number of nitrogens with one attached hydrogen (secondary N) is 1. The largest absolute Gasteiger partial charge is 0.352 e. The number of hydrogen-bond acceptors (Lipinski definition) is 3. The Morgan fingerprint density at radius 3 is 2.38 bits per heavy atom. The highest BCUT2D eigenvalue weighted by Gasteiger charge is 2.33. The summed E-state index contributed by atoms with van der Waals surface area (Å²) in [5.41, 5.74) is 2.65. The van der Waals surface area contributed by atoms with E-state index in [1.165, 1.54) is 4.31 Å². The fourth-order valence-electron chi connectivity index (χ4n) is 3.29. The standard InChI is InChI=1S/C18H28N2O3S/c1-5-17(18(21)19-15-8-6-7-9-15)20(24(4,22)23)16-11-10-13(2)14(3)12-16/h10-12,15,17H,5-9H2,1-4H3,(H,19,21)/t17-/m0/s1. The summed E-state index contributed by atoms with van der Waals surface area (Å²) < 4.78 is 26.1. The quantitative estimate of drug-likeness (QED) is 0.856. The molecule has 1 aromatic rings. The summed E-state index contributed by atoms with van der Waals surface area (Å²) in [6.07, 6.45) is 5.78. The highest BCUT2D eigenvalue weighted by atomic mass is 32.2. The van der Waals surface area contributed by atoms with Crippen LogP contribution < -0.4 is 9.62 Å². The number of rotatable bonds is 6. The van der Waals surface area contributed by atoms with Crippen LogP contribution in [0.4, 0.5) is 5.69 Å². The number of hydrogen-bond donors (Lipinski definition) is 1. The molecular weight excluding hydrogens is 324 g/mol. The molecule has 2 rings (SSSR count). The maximum Gasteiger partial charge on any atom is 0.244 e. The minimum atomic E-state index is -3.57. The lowest BCUT2D eigenvalue weighted by Gasteiger charge is -2.31. The number of carbonyl (C=O) groups is 1. The monoisotopic (exact) mass is 352 g/mol. The zero-order chi connectivity index (χ0) is 17.9. The molecule has 134 valence electrons. The number of sulfonamides is 1. The van der Waals surface area contributed by atoms with Crippen LogP contribution in [0.5, 0.6) is 0 Å². The van der Waals surface area contributed by atoms with Gasteiger partial charge in [-0.15, -0.1) is 0 Å². The first kappa shape index (κ1) is 18.8. The summed E-state index contributed by atoms with van der Waals surface area (Å²) >= 11 is 0. The van der Waals surface area contributed by atoms with Gasteiger partial charge in [-0.1, -0.05) is 25.8 Å². The molecule has 0 spiro atoms. The van der Waals surface area contributed by atoms with Gasteiger partial charge in [-0.25, -0.2) is 8.42 Å². The Labute approximate surface area is 145 Å². The van der Waals surface area contributed by atoms with Crippen molar-refractivity contribution in [3.05, 3.63) is 29.3 Å². The third kappa shape index (κ3) is 4.29. The zero-order valence-electron chi connectivity index (χ0n) is 15.0. The van der Waals surface area contributed by atoms with Crippen LogP contribution in [-0.4, -0.2) is 32.7 Å². The maximum absolute atomic E-state index is 12.7. The molecule has 1 aliphatic rings. The van der Waals surface area contributed by atoms with E-state index < -0.39 is 16.1 Å². The molecule has 0 bridgehead atoms. The van der Waals surface area contributed by atoms with Crippen LogP contribution in [0, 0.1) is 13.8 Å². The third-order valence-electron chi connectivity index (χ3n) is 4.78.